The van der Waals surface area contributed by atoms with Crippen molar-refractivity contribution in [3.8, 4) is 22.3 Å². The molecule has 4 rings (SSSR count). The van der Waals surface area contributed by atoms with Crippen molar-refractivity contribution < 1.29 is 13.5 Å². The molecule has 1 aliphatic rings. The van der Waals surface area contributed by atoms with Crippen molar-refractivity contribution in [2.75, 3.05) is 13.2 Å². The lowest BCUT2D eigenvalue weighted by atomic mass is 9.92. The van der Waals surface area contributed by atoms with E-state index in [1.54, 1.807) is 0 Å². The zero-order valence-corrected chi connectivity index (χ0v) is 17.0. The minimum Gasteiger partial charge on any atom is -0.381 e. The highest BCUT2D eigenvalue weighted by molar-refractivity contribution is 5.70. The van der Waals surface area contributed by atoms with E-state index >= 15 is 0 Å². The standard InChI is InChI=1S/C27H26F2O/c28-27(29)5-1-3-20-6-8-21(9-7-20)22-10-12-23(13-11-22)24-14-16-25(17-15-24)26-4-2-18-30-19-26/h5-17,26H,1-4,18-19H2. The van der Waals surface area contributed by atoms with Gasteiger partial charge in [-0.25, -0.2) is 0 Å². The largest absolute Gasteiger partial charge is 0.381 e. The minimum atomic E-state index is -1.61. The second-order valence-corrected chi connectivity index (χ2v) is 7.84. The van der Waals surface area contributed by atoms with Crippen LogP contribution in [-0.4, -0.2) is 13.2 Å². The molecule has 1 atom stereocenters. The molecule has 3 aromatic carbocycles. The summed E-state index contributed by atoms with van der Waals surface area (Å²) in [6.45, 7) is 1.72. The van der Waals surface area contributed by atoms with Gasteiger partial charge in [0.05, 0.1) is 6.61 Å². The van der Waals surface area contributed by atoms with Crippen LogP contribution in [0.3, 0.4) is 0 Å². The molecule has 0 N–H and O–H groups in total. The second kappa shape index (κ2) is 9.82. The molecular weight excluding hydrogens is 378 g/mol. The Kier molecular flexibility index (Phi) is 6.70. The Bertz CT molecular complexity index is 963. The van der Waals surface area contributed by atoms with Crippen molar-refractivity contribution in [2.45, 2.75) is 31.6 Å². The number of allylic oxidation sites excluding steroid dienone is 1. The molecule has 0 spiro atoms. The average molecular weight is 405 g/mol. The van der Waals surface area contributed by atoms with E-state index in [4.69, 9.17) is 4.74 Å². The van der Waals surface area contributed by atoms with Gasteiger partial charge in [0.1, 0.15) is 0 Å². The molecule has 0 saturated carbocycles. The number of aryl methyl sites for hydroxylation is 1. The van der Waals surface area contributed by atoms with Gasteiger partial charge in [-0.3, -0.25) is 0 Å². The Balaban J connectivity index is 1.41. The van der Waals surface area contributed by atoms with Gasteiger partial charge in [-0.15, -0.1) is 0 Å². The summed E-state index contributed by atoms with van der Waals surface area (Å²) in [5.74, 6) is 0.519. The Hall–Kier alpha value is -2.78. The fourth-order valence-corrected chi connectivity index (χ4v) is 4.02. The van der Waals surface area contributed by atoms with Gasteiger partial charge in [0.25, 0.3) is 6.08 Å². The van der Waals surface area contributed by atoms with Gasteiger partial charge >= 0.3 is 0 Å². The molecule has 154 valence electrons. The second-order valence-electron chi connectivity index (χ2n) is 7.84. The van der Waals surface area contributed by atoms with E-state index in [9.17, 15) is 8.78 Å². The third-order valence-corrected chi connectivity index (χ3v) is 5.78. The van der Waals surface area contributed by atoms with Crippen molar-refractivity contribution >= 4 is 0 Å². The third kappa shape index (κ3) is 5.22. The van der Waals surface area contributed by atoms with Crippen molar-refractivity contribution in [3.05, 3.63) is 96.1 Å². The van der Waals surface area contributed by atoms with E-state index in [1.807, 2.05) is 12.1 Å². The Morgan fingerprint density at radius 1 is 0.800 bits per heavy atom. The molecule has 0 bridgehead atoms. The van der Waals surface area contributed by atoms with Crippen molar-refractivity contribution in [3.63, 3.8) is 0 Å². The highest BCUT2D eigenvalue weighted by Gasteiger charge is 2.15. The number of benzene rings is 3. The monoisotopic (exact) mass is 404 g/mol. The quantitative estimate of drug-likeness (QED) is 0.410. The normalized spacial score (nSPS) is 16.3. The molecule has 0 amide bonds. The van der Waals surface area contributed by atoms with Crippen LogP contribution in [-0.2, 0) is 11.2 Å². The summed E-state index contributed by atoms with van der Waals surface area (Å²) in [4.78, 5) is 0. The lowest BCUT2D eigenvalue weighted by molar-refractivity contribution is 0.0804. The molecule has 1 aliphatic heterocycles. The number of hydrogen-bond acceptors (Lipinski definition) is 1. The molecule has 1 unspecified atom stereocenters. The van der Waals surface area contributed by atoms with Gasteiger partial charge in [0.2, 0.25) is 0 Å². The Morgan fingerprint density at radius 3 is 1.83 bits per heavy atom. The van der Waals surface area contributed by atoms with E-state index in [1.165, 1.54) is 23.1 Å². The van der Waals surface area contributed by atoms with Gasteiger partial charge in [-0.05, 0) is 65.1 Å². The Morgan fingerprint density at radius 2 is 1.33 bits per heavy atom. The number of halogens is 2. The van der Waals surface area contributed by atoms with Crippen LogP contribution in [0.2, 0.25) is 0 Å². The molecule has 30 heavy (non-hydrogen) atoms. The summed E-state index contributed by atoms with van der Waals surface area (Å²) in [7, 11) is 0. The van der Waals surface area contributed by atoms with E-state index in [2.05, 4.69) is 60.7 Å². The molecule has 0 aromatic heterocycles. The van der Waals surface area contributed by atoms with Crippen LogP contribution in [0.4, 0.5) is 8.78 Å². The Labute approximate surface area is 177 Å². The van der Waals surface area contributed by atoms with Crippen LogP contribution in [0.15, 0.2) is 85.0 Å². The SMILES string of the molecule is FC(F)=CCCc1ccc(-c2ccc(-c3ccc(C4CCCOC4)cc3)cc2)cc1. The number of rotatable bonds is 6. The topological polar surface area (TPSA) is 9.23 Å². The molecule has 1 saturated heterocycles. The van der Waals surface area contributed by atoms with Gasteiger partial charge in [-0.2, -0.15) is 8.78 Å². The lowest BCUT2D eigenvalue weighted by Gasteiger charge is -2.22. The van der Waals surface area contributed by atoms with E-state index in [0.29, 0.717) is 18.8 Å². The van der Waals surface area contributed by atoms with Gasteiger partial charge in [-0.1, -0.05) is 72.8 Å². The van der Waals surface area contributed by atoms with Crippen molar-refractivity contribution in [1.82, 2.24) is 0 Å². The van der Waals surface area contributed by atoms with Crippen molar-refractivity contribution in [2.24, 2.45) is 0 Å². The lowest BCUT2D eigenvalue weighted by Crippen LogP contribution is -2.15. The van der Waals surface area contributed by atoms with Crippen LogP contribution in [0.5, 0.6) is 0 Å². The highest BCUT2D eigenvalue weighted by atomic mass is 19.3. The molecule has 3 heteroatoms. The molecule has 1 heterocycles. The van der Waals surface area contributed by atoms with Crippen molar-refractivity contribution in [1.29, 1.82) is 0 Å². The molecular formula is C27H26F2O. The van der Waals surface area contributed by atoms with Gasteiger partial charge < -0.3 is 4.74 Å². The van der Waals surface area contributed by atoms with Crippen LogP contribution in [0, 0.1) is 0 Å². The maximum atomic E-state index is 12.1. The van der Waals surface area contributed by atoms with Gasteiger partial charge in [0.15, 0.2) is 0 Å². The summed E-state index contributed by atoms with van der Waals surface area (Å²) in [5.41, 5.74) is 7.12. The van der Waals surface area contributed by atoms with E-state index in [-0.39, 0.29) is 0 Å². The first-order chi connectivity index (χ1) is 14.7. The number of hydrogen-bond donors (Lipinski definition) is 0. The van der Waals surface area contributed by atoms with Crippen LogP contribution in [0.1, 0.15) is 36.3 Å². The summed E-state index contributed by atoms with van der Waals surface area (Å²) >= 11 is 0. The fraction of sp³-hybridized carbons (Fsp3) is 0.259. The summed E-state index contributed by atoms with van der Waals surface area (Å²) < 4.78 is 29.9. The van der Waals surface area contributed by atoms with Gasteiger partial charge in [0, 0.05) is 12.5 Å². The maximum Gasteiger partial charge on any atom is 0.266 e. The van der Waals surface area contributed by atoms with Crippen LogP contribution >= 0.6 is 0 Å². The van der Waals surface area contributed by atoms with Crippen LogP contribution < -0.4 is 0 Å². The molecule has 3 aromatic rings. The maximum absolute atomic E-state index is 12.1. The predicted molar refractivity (Wildman–Crippen MR) is 119 cm³/mol. The number of ether oxygens (including phenoxy) is 1. The first-order valence-corrected chi connectivity index (χ1v) is 10.6. The first kappa shape index (κ1) is 20.5. The fourth-order valence-electron chi connectivity index (χ4n) is 4.02. The zero-order chi connectivity index (χ0) is 20.8. The summed E-state index contributed by atoms with van der Waals surface area (Å²) in [6, 6.07) is 25.6. The molecule has 1 nitrogen and oxygen atoms in total. The molecule has 0 aliphatic carbocycles. The van der Waals surface area contributed by atoms with E-state index in [0.717, 1.165) is 42.4 Å². The predicted octanol–water partition coefficient (Wildman–Crippen LogP) is 7.63. The van der Waals surface area contributed by atoms with Crippen LogP contribution in [0.25, 0.3) is 22.3 Å². The molecule has 0 radical (unpaired) electrons. The summed E-state index contributed by atoms with van der Waals surface area (Å²) in [5, 5.41) is 0. The smallest absolute Gasteiger partial charge is 0.266 e. The average Bonchev–Trinajstić information content (AvgIpc) is 2.80. The summed E-state index contributed by atoms with van der Waals surface area (Å²) in [6.07, 6.45) is 2.70. The molecule has 1 fully saturated rings. The first-order valence-electron chi connectivity index (χ1n) is 10.6. The highest BCUT2D eigenvalue weighted by Crippen LogP contribution is 2.29. The third-order valence-electron chi connectivity index (χ3n) is 5.78. The van der Waals surface area contributed by atoms with E-state index < -0.39 is 6.08 Å². The minimum absolute atomic E-state index is 0.364. The zero-order valence-electron chi connectivity index (χ0n) is 17.0.